The molecule has 2 rings (SSSR count). The molecule has 0 amide bonds. The van der Waals surface area contributed by atoms with Crippen LogP contribution in [0.5, 0.6) is 5.75 Å². The van der Waals surface area contributed by atoms with Crippen LogP contribution in [0.1, 0.15) is 20.8 Å². The normalized spacial score (nSPS) is 12.5. The summed E-state index contributed by atoms with van der Waals surface area (Å²) in [6.45, 7) is 4.80. The molecule has 0 aliphatic rings. The minimum atomic E-state index is -4.87. The van der Waals surface area contributed by atoms with Crippen LogP contribution in [0.3, 0.4) is 0 Å². The molecule has 2 aromatic rings. The number of rotatable bonds is 1. The number of aromatic amines is 1. The Balaban J connectivity index is 2.50. The maximum Gasteiger partial charge on any atom is 0.573 e. The highest BCUT2D eigenvalue weighted by atomic mass is 19.4. The Morgan fingerprint density at radius 3 is 2.41 bits per heavy atom. The maximum atomic E-state index is 12.2. The van der Waals surface area contributed by atoms with Crippen molar-refractivity contribution in [2.75, 3.05) is 0 Å². The van der Waals surface area contributed by atoms with Crippen molar-refractivity contribution in [2.45, 2.75) is 32.7 Å². The van der Waals surface area contributed by atoms with Crippen LogP contribution < -0.4 is 10.4 Å². The predicted octanol–water partition coefficient (Wildman–Crippen LogP) is 3.01. The maximum absolute atomic E-state index is 12.2. The molecule has 1 N–H and O–H groups in total. The zero-order valence-corrected chi connectivity index (χ0v) is 11.9. The molecule has 120 valence electrons. The minimum Gasteiger partial charge on any atom is -0.443 e. The first-order valence-electron chi connectivity index (χ1n) is 6.20. The van der Waals surface area contributed by atoms with Crippen molar-refractivity contribution < 1.29 is 27.4 Å². The van der Waals surface area contributed by atoms with Gasteiger partial charge >= 0.3 is 18.1 Å². The summed E-state index contributed by atoms with van der Waals surface area (Å²) in [7, 11) is 0. The Hall–Kier alpha value is -2.45. The van der Waals surface area contributed by atoms with Crippen LogP contribution in [-0.4, -0.2) is 27.6 Å². The second-order valence-electron chi connectivity index (χ2n) is 5.47. The number of aromatic nitrogens is 2. The Labute approximate surface area is 122 Å². The van der Waals surface area contributed by atoms with Crippen molar-refractivity contribution in [1.82, 2.24) is 9.55 Å². The van der Waals surface area contributed by atoms with Gasteiger partial charge in [-0.25, -0.2) is 9.59 Å². The van der Waals surface area contributed by atoms with E-state index in [1.807, 2.05) is 0 Å². The number of alkyl halides is 3. The van der Waals surface area contributed by atoms with Crippen molar-refractivity contribution in [1.29, 1.82) is 0 Å². The molecule has 1 aromatic carbocycles. The third kappa shape index (κ3) is 3.60. The number of ether oxygens (including phenoxy) is 2. The molecule has 0 fully saturated rings. The molecule has 1 heterocycles. The molecule has 0 spiro atoms. The summed E-state index contributed by atoms with van der Waals surface area (Å²) in [5, 5.41) is 0. The van der Waals surface area contributed by atoms with E-state index in [9.17, 15) is 22.8 Å². The van der Waals surface area contributed by atoms with Crippen LogP contribution in [0.15, 0.2) is 23.0 Å². The summed E-state index contributed by atoms with van der Waals surface area (Å²) in [6, 6.07) is 3.18. The quantitative estimate of drug-likeness (QED) is 0.877. The number of imidazole rings is 1. The molecule has 0 aliphatic carbocycles. The number of carbonyl (C=O) groups excluding carboxylic acids is 1. The Morgan fingerprint density at radius 1 is 1.23 bits per heavy atom. The largest absolute Gasteiger partial charge is 0.573 e. The molecule has 22 heavy (non-hydrogen) atoms. The van der Waals surface area contributed by atoms with E-state index in [4.69, 9.17) is 4.74 Å². The van der Waals surface area contributed by atoms with Crippen LogP contribution in [0.25, 0.3) is 11.0 Å². The number of carbonyl (C=O) groups is 1. The summed E-state index contributed by atoms with van der Waals surface area (Å²) in [4.78, 5) is 26.2. The SMILES string of the molecule is CC(C)(C)OC(=O)n1c(=O)[nH]c2ccc(OC(F)(F)F)cc21. The van der Waals surface area contributed by atoms with Gasteiger partial charge in [-0.3, -0.25) is 0 Å². The topological polar surface area (TPSA) is 73.3 Å². The van der Waals surface area contributed by atoms with Crippen LogP contribution in [0.4, 0.5) is 18.0 Å². The molecule has 0 atom stereocenters. The average Bonchev–Trinajstić information content (AvgIpc) is 2.59. The molecule has 0 bridgehead atoms. The number of nitrogens with one attached hydrogen (secondary N) is 1. The van der Waals surface area contributed by atoms with E-state index in [0.717, 1.165) is 12.1 Å². The van der Waals surface area contributed by atoms with Gasteiger partial charge in [0.05, 0.1) is 11.0 Å². The zero-order chi connectivity index (χ0) is 16.7. The Morgan fingerprint density at radius 2 is 1.86 bits per heavy atom. The number of fused-ring (bicyclic) bond motifs is 1. The van der Waals surface area contributed by atoms with E-state index in [-0.39, 0.29) is 11.0 Å². The molecule has 0 saturated carbocycles. The number of benzene rings is 1. The number of H-pyrrole nitrogens is 1. The van der Waals surface area contributed by atoms with Gasteiger partial charge < -0.3 is 14.5 Å². The van der Waals surface area contributed by atoms with Gasteiger partial charge in [-0.2, -0.15) is 4.57 Å². The van der Waals surface area contributed by atoms with Gasteiger partial charge in [0.15, 0.2) is 0 Å². The van der Waals surface area contributed by atoms with Gasteiger partial charge in [-0.15, -0.1) is 13.2 Å². The predicted molar refractivity (Wildman–Crippen MR) is 70.9 cm³/mol. The van der Waals surface area contributed by atoms with E-state index in [1.165, 1.54) is 6.07 Å². The molecular weight excluding hydrogens is 305 g/mol. The molecule has 0 saturated heterocycles. The lowest BCUT2D eigenvalue weighted by atomic mass is 10.2. The third-order valence-electron chi connectivity index (χ3n) is 2.46. The smallest absolute Gasteiger partial charge is 0.443 e. The molecule has 0 aliphatic heterocycles. The first kappa shape index (κ1) is 15.9. The van der Waals surface area contributed by atoms with Crippen molar-refractivity contribution >= 4 is 17.1 Å². The lowest BCUT2D eigenvalue weighted by Gasteiger charge is -2.19. The van der Waals surface area contributed by atoms with Gasteiger partial charge in [0, 0.05) is 6.07 Å². The van der Waals surface area contributed by atoms with Crippen molar-refractivity contribution in [3.8, 4) is 5.75 Å². The van der Waals surface area contributed by atoms with Crippen LogP contribution in [-0.2, 0) is 4.74 Å². The highest BCUT2D eigenvalue weighted by molar-refractivity contribution is 5.87. The van der Waals surface area contributed by atoms with Crippen LogP contribution in [0.2, 0.25) is 0 Å². The van der Waals surface area contributed by atoms with Crippen molar-refractivity contribution in [3.63, 3.8) is 0 Å². The van der Waals surface area contributed by atoms with Crippen LogP contribution in [0, 0.1) is 0 Å². The molecule has 9 heteroatoms. The van der Waals surface area contributed by atoms with Crippen molar-refractivity contribution in [2.24, 2.45) is 0 Å². The lowest BCUT2D eigenvalue weighted by Crippen LogP contribution is -2.32. The second kappa shape index (κ2) is 5.08. The molecule has 0 radical (unpaired) electrons. The first-order valence-corrected chi connectivity index (χ1v) is 6.20. The van der Waals surface area contributed by atoms with E-state index in [2.05, 4.69) is 9.72 Å². The number of hydrogen-bond acceptors (Lipinski definition) is 4. The minimum absolute atomic E-state index is 0.0685. The number of hydrogen-bond donors (Lipinski definition) is 1. The second-order valence-corrected chi connectivity index (χ2v) is 5.47. The summed E-state index contributed by atoms with van der Waals surface area (Å²) in [5.41, 5.74) is -1.56. The third-order valence-corrected chi connectivity index (χ3v) is 2.46. The summed E-state index contributed by atoms with van der Waals surface area (Å²) in [6.07, 6.45) is -5.87. The highest BCUT2D eigenvalue weighted by Gasteiger charge is 2.31. The average molecular weight is 318 g/mol. The summed E-state index contributed by atoms with van der Waals surface area (Å²) >= 11 is 0. The monoisotopic (exact) mass is 318 g/mol. The summed E-state index contributed by atoms with van der Waals surface area (Å²) < 4.78 is 46.2. The van der Waals surface area contributed by atoms with Gasteiger partial charge in [-0.1, -0.05) is 0 Å². The fraction of sp³-hybridized carbons (Fsp3) is 0.385. The lowest BCUT2D eigenvalue weighted by molar-refractivity contribution is -0.274. The van der Waals surface area contributed by atoms with E-state index in [0.29, 0.717) is 4.57 Å². The van der Waals surface area contributed by atoms with Gasteiger partial charge in [-0.05, 0) is 32.9 Å². The standard InChI is InChI=1S/C13H13F3N2O4/c1-12(2,3)22-11(20)18-9-6-7(21-13(14,15)16)4-5-8(9)17-10(18)19/h4-6H,1-3H3,(H,17,19). The number of nitrogens with zero attached hydrogens (tertiary/aromatic N) is 1. The fourth-order valence-corrected chi connectivity index (χ4v) is 1.77. The Bertz CT molecular complexity index is 768. The Kier molecular flexibility index (Phi) is 3.68. The van der Waals surface area contributed by atoms with Gasteiger partial charge in [0.2, 0.25) is 0 Å². The zero-order valence-electron chi connectivity index (χ0n) is 11.9. The molecule has 1 aromatic heterocycles. The van der Waals surface area contributed by atoms with Gasteiger partial charge in [0.1, 0.15) is 11.4 Å². The summed E-state index contributed by atoms with van der Waals surface area (Å²) in [5.74, 6) is -0.545. The van der Waals surface area contributed by atoms with Crippen molar-refractivity contribution in [3.05, 3.63) is 28.7 Å². The molecular formula is C13H13F3N2O4. The van der Waals surface area contributed by atoms with E-state index < -0.39 is 29.5 Å². The first-order chi connectivity index (χ1) is 9.96. The van der Waals surface area contributed by atoms with E-state index in [1.54, 1.807) is 20.8 Å². The molecule has 6 nitrogen and oxygen atoms in total. The van der Waals surface area contributed by atoms with Crippen LogP contribution >= 0.6 is 0 Å². The fourth-order valence-electron chi connectivity index (χ4n) is 1.77. The van der Waals surface area contributed by atoms with E-state index >= 15 is 0 Å². The molecule has 0 unspecified atom stereocenters. The highest BCUT2D eigenvalue weighted by Crippen LogP contribution is 2.25. The van der Waals surface area contributed by atoms with Gasteiger partial charge in [0.25, 0.3) is 0 Å². The number of halogens is 3.